The predicted molar refractivity (Wildman–Crippen MR) is 254 cm³/mol. The van der Waals surface area contributed by atoms with E-state index in [9.17, 15) is 29.3 Å². The Balaban J connectivity index is 4.72. The maximum atomic E-state index is 12.7. The first-order valence-corrected chi connectivity index (χ1v) is 24.3. The highest BCUT2D eigenvalue weighted by Gasteiger charge is 2.27. The molecule has 352 valence electrons. The van der Waals surface area contributed by atoms with Crippen LogP contribution in [0.3, 0.4) is 0 Å². The fourth-order valence-corrected chi connectivity index (χ4v) is 6.06. The first-order valence-electron chi connectivity index (χ1n) is 22.8. The summed E-state index contributed by atoms with van der Waals surface area (Å²) in [6.45, 7) is 3.82. The van der Waals surface area contributed by atoms with Crippen LogP contribution in [0.1, 0.15) is 129 Å². The van der Waals surface area contributed by atoms with Crippen LogP contribution in [-0.4, -0.2) is 97.3 Å². The zero-order valence-corrected chi connectivity index (χ0v) is 39.7. The maximum Gasteiger partial charge on any atom is 0.472 e. The number of aliphatic hydroxyl groups excluding tert-OH is 2. The van der Waals surface area contributed by atoms with Gasteiger partial charge in [0.1, 0.15) is 19.8 Å². The van der Waals surface area contributed by atoms with Crippen LogP contribution in [-0.2, 0) is 32.7 Å². The predicted octanol–water partition coefficient (Wildman–Crippen LogP) is 11.1. The van der Waals surface area contributed by atoms with E-state index in [0.717, 1.165) is 57.8 Å². The summed E-state index contributed by atoms with van der Waals surface area (Å²) < 4.78 is 34.0. The van der Waals surface area contributed by atoms with Crippen LogP contribution in [0.15, 0.2) is 109 Å². The molecule has 0 rings (SSSR count). The molecule has 0 aliphatic rings. The number of nitrogens with zero attached hydrogens (tertiary/aromatic N) is 1. The average Bonchev–Trinajstić information content (AvgIpc) is 3.22. The van der Waals surface area contributed by atoms with Crippen LogP contribution < -0.4 is 0 Å². The lowest BCUT2D eigenvalue weighted by Crippen LogP contribution is -2.37. The molecule has 11 nitrogen and oxygen atoms in total. The van der Waals surface area contributed by atoms with Gasteiger partial charge in [-0.3, -0.25) is 18.6 Å². The summed E-state index contributed by atoms with van der Waals surface area (Å²) in [5.74, 6) is -1.19. The van der Waals surface area contributed by atoms with Crippen LogP contribution in [0.5, 0.6) is 0 Å². The fraction of sp³-hybridized carbons (Fsp3) is 0.600. The Bertz CT molecular complexity index is 1450. The monoisotopic (exact) mass is 889 g/mol. The van der Waals surface area contributed by atoms with E-state index in [0.29, 0.717) is 17.4 Å². The zero-order valence-electron chi connectivity index (χ0n) is 38.8. The van der Waals surface area contributed by atoms with Crippen molar-refractivity contribution in [3.8, 4) is 0 Å². The van der Waals surface area contributed by atoms with Gasteiger partial charge < -0.3 is 29.1 Å². The molecule has 0 aliphatic heterocycles. The van der Waals surface area contributed by atoms with E-state index in [1.54, 1.807) is 0 Å². The van der Waals surface area contributed by atoms with Gasteiger partial charge in [-0.2, -0.15) is 0 Å². The van der Waals surface area contributed by atoms with Crippen molar-refractivity contribution in [1.82, 2.24) is 0 Å². The van der Waals surface area contributed by atoms with Crippen LogP contribution in [0.25, 0.3) is 0 Å². The maximum absolute atomic E-state index is 12.7. The van der Waals surface area contributed by atoms with Crippen molar-refractivity contribution < 1.29 is 52.3 Å². The second kappa shape index (κ2) is 40.4. The van der Waals surface area contributed by atoms with Crippen molar-refractivity contribution in [3.05, 3.63) is 109 Å². The molecule has 3 unspecified atom stereocenters. The number of allylic oxidation sites excluding steroid dienone is 17. The highest BCUT2D eigenvalue weighted by Crippen LogP contribution is 2.43. The van der Waals surface area contributed by atoms with E-state index < -0.39 is 44.7 Å². The second-order valence-corrected chi connectivity index (χ2v) is 17.5. The Morgan fingerprint density at radius 2 is 1.08 bits per heavy atom. The van der Waals surface area contributed by atoms with Gasteiger partial charge in [-0.15, -0.1) is 0 Å². The average molecular weight is 889 g/mol. The van der Waals surface area contributed by atoms with Crippen molar-refractivity contribution in [2.24, 2.45) is 0 Å². The van der Waals surface area contributed by atoms with E-state index in [4.69, 9.17) is 18.5 Å². The van der Waals surface area contributed by atoms with Gasteiger partial charge >= 0.3 is 19.8 Å². The van der Waals surface area contributed by atoms with E-state index >= 15 is 0 Å². The molecule has 0 saturated heterocycles. The number of aliphatic hydroxyl groups is 2. The van der Waals surface area contributed by atoms with Gasteiger partial charge in [-0.1, -0.05) is 136 Å². The minimum Gasteiger partial charge on any atom is -0.462 e. The summed E-state index contributed by atoms with van der Waals surface area (Å²) in [5.41, 5.74) is 0. The molecule has 0 saturated carbocycles. The number of rotatable bonds is 39. The minimum absolute atomic E-state index is 0.0382. The molecule has 12 heteroatoms. The fourth-order valence-electron chi connectivity index (χ4n) is 5.32. The molecule has 0 radical (unpaired) electrons. The lowest BCUT2D eigenvalue weighted by atomic mass is 10.0. The molecule has 0 fully saturated rings. The number of esters is 2. The molecule has 0 bridgehead atoms. The third kappa shape index (κ3) is 41.9. The summed E-state index contributed by atoms with van der Waals surface area (Å²) >= 11 is 0. The van der Waals surface area contributed by atoms with Gasteiger partial charge in [-0.05, 0) is 89.9 Å². The number of ether oxygens (including phenoxy) is 2. The normalized spacial score (nSPS) is 15.5. The van der Waals surface area contributed by atoms with Gasteiger partial charge in [-0.25, -0.2) is 4.57 Å². The lowest BCUT2D eigenvalue weighted by molar-refractivity contribution is -0.870. The van der Waals surface area contributed by atoms with E-state index in [1.165, 1.54) is 19.3 Å². The van der Waals surface area contributed by atoms with Crippen molar-refractivity contribution in [2.75, 3.05) is 47.5 Å². The van der Waals surface area contributed by atoms with E-state index in [2.05, 4.69) is 98.9 Å². The number of carbonyl (C=O) groups excluding carboxylic acids is 2. The number of phosphoric acid groups is 1. The largest absolute Gasteiger partial charge is 0.472 e. The van der Waals surface area contributed by atoms with E-state index in [-0.39, 0.29) is 45.3 Å². The number of likely N-dealkylation sites (N-methyl/N-ethyl adjacent to an activating group) is 1. The number of unbranched alkanes of at least 4 members (excludes halogenated alkanes) is 3. The molecule has 4 atom stereocenters. The van der Waals surface area contributed by atoms with Gasteiger partial charge in [0.15, 0.2) is 6.10 Å². The molecule has 0 heterocycles. The summed E-state index contributed by atoms with van der Waals surface area (Å²) in [6, 6.07) is 0. The summed E-state index contributed by atoms with van der Waals surface area (Å²) in [4.78, 5) is 35.4. The van der Waals surface area contributed by atoms with Crippen LogP contribution in [0.4, 0.5) is 0 Å². The molecular formula is C50H83NO10P+. The third-order valence-corrected chi connectivity index (χ3v) is 9.99. The molecule has 3 N–H and O–H groups in total. The molecule has 0 amide bonds. The van der Waals surface area contributed by atoms with Gasteiger partial charge in [0.05, 0.1) is 40.0 Å². The molecule has 0 aromatic rings. The minimum atomic E-state index is -4.48. The summed E-state index contributed by atoms with van der Waals surface area (Å²) in [5, 5.41) is 20.8. The Morgan fingerprint density at radius 3 is 1.60 bits per heavy atom. The van der Waals surface area contributed by atoms with Crippen molar-refractivity contribution in [3.63, 3.8) is 0 Å². The highest BCUT2D eigenvalue weighted by molar-refractivity contribution is 7.47. The molecule has 0 spiro atoms. The number of quaternary nitrogens is 1. The van der Waals surface area contributed by atoms with Crippen LogP contribution in [0, 0.1) is 0 Å². The Kier molecular flexibility index (Phi) is 38.1. The van der Waals surface area contributed by atoms with E-state index in [1.807, 2.05) is 45.4 Å². The SMILES string of the molecule is CC/C=C\C/C=C\C/C=C\C/C=C\C/C=C\C/C=C\CCC(=O)OC[C@H](COP(=O)(O)OCC[N+](C)(C)C)OC(=O)CCCC(O)C(O)C/C=C\C/C=C\C/C=C\CCCCC. The second-order valence-electron chi connectivity index (χ2n) is 16.0. The number of phosphoric ester groups is 1. The topological polar surface area (TPSA) is 149 Å². The zero-order chi connectivity index (χ0) is 46.0. The van der Waals surface area contributed by atoms with Crippen molar-refractivity contribution in [1.29, 1.82) is 0 Å². The number of hydrogen-bond acceptors (Lipinski definition) is 9. The standard InChI is InChI=1S/C50H82NO10P/c1-6-8-10-12-14-16-18-20-21-22-23-24-25-26-28-30-32-34-36-40-49(54)58-44-46(45-60-62(56,57)59-43-42-51(3,4)5)61-50(55)41-37-39-48(53)47(52)38-35-33-31-29-27-19-17-15-13-11-9-7-2/h8,10,14-17,20-21,23-24,26-29,32-35,46-48,52-53H,6-7,9,11-13,18-19,22,25,30-31,36-45H2,1-5H3/p+1/b10-8-,16-14-,17-15-,21-20-,24-23-,28-26-,29-27-,34-32-,35-33-/t46-,47?,48?/m1/s1. The van der Waals surface area contributed by atoms with Gasteiger partial charge in [0.25, 0.3) is 0 Å². The van der Waals surface area contributed by atoms with Crippen LogP contribution >= 0.6 is 7.82 Å². The van der Waals surface area contributed by atoms with Crippen LogP contribution in [0.2, 0.25) is 0 Å². The molecule has 0 aromatic carbocycles. The third-order valence-electron chi connectivity index (χ3n) is 9.00. The number of hydrogen-bond donors (Lipinski definition) is 3. The Hall–Kier alpha value is -3.41. The molecule has 0 aliphatic carbocycles. The quantitative estimate of drug-likeness (QED) is 0.0179. The van der Waals surface area contributed by atoms with Crippen molar-refractivity contribution >= 4 is 19.8 Å². The first-order chi connectivity index (χ1) is 29.8. The van der Waals surface area contributed by atoms with Gasteiger partial charge in [0.2, 0.25) is 0 Å². The smallest absolute Gasteiger partial charge is 0.462 e. The summed E-state index contributed by atoms with van der Waals surface area (Å²) in [6.07, 6.45) is 47.5. The first kappa shape index (κ1) is 58.6. The summed E-state index contributed by atoms with van der Waals surface area (Å²) in [7, 11) is 1.24. The molecule has 0 aromatic heterocycles. The van der Waals surface area contributed by atoms with Gasteiger partial charge in [0, 0.05) is 12.8 Å². The Labute approximate surface area is 375 Å². The lowest BCUT2D eigenvalue weighted by Gasteiger charge is -2.24. The Morgan fingerprint density at radius 1 is 0.581 bits per heavy atom. The molecule has 62 heavy (non-hydrogen) atoms. The molecular weight excluding hydrogens is 806 g/mol. The van der Waals surface area contributed by atoms with Crippen molar-refractivity contribution in [2.45, 2.75) is 148 Å². The number of carbonyl (C=O) groups is 2. The highest BCUT2D eigenvalue weighted by atomic mass is 31.2.